The number of carbonyl (C=O) groups is 3. The van der Waals surface area contributed by atoms with Gasteiger partial charge in [-0.2, -0.15) is 0 Å². The van der Waals surface area contributed by atoms with Crippen LogP contribution in [0.15, 0.2) is 30.3 Å². The number of carbonyl (C=O) groups excluding carboxylic acids is 3. The molecular weight excluding hydrogens is 396 g/mol. The zero-order chi connectivity index (χ0) is 22.1. The molecule has 2 aliphatic heterocycles. The summed E-state index contributed by atoms with van der Waals surface area (Å²) in [6.07, 6.45) is 3.81. The first-order chi connectivity index (χ1) is 15.0. The van der Waals surface area contributed by atoms with Crippen molar-refractivity contribution in [1.29, 1.82) is 0 Å². The molecule has 0 saturated carbocycles. The number of piperazine rings is 1. The van der Waals surface area contributed by atoms with Crippen molar-refractivity contribution < 1.29 is 19.1 Å². The Morgan fingerprint density at radius 1 is 0.903 bits per heavy atom. The summed E-state index contributed by atoms with van der Waals surface area (Å²) in [5.74, 6) is -0.421. The molecule has 0 radical (unpaired) electrons. The average Bonchev–Trinajstić information content (AvgIpc) is 2.80. The Morgan fingerprint density at radius 3 is 2.13 bits per heavy atom. The Hall–Kier alpha value is -2.45. The topological polar surface area (TPSA) is 82.2 Å². The minimum absolute atomic E-state index is 0.191. The van der Waals surface area contributed by atoms with Crippen molar-refractivity contribution in [2.45, 2.75) is 31.7 Å². The lowest BCUT2D eigenvalue weighted by Gasteiger charge is -2.35. The fourth-order valence-corrected chi connectivity index (χ4v) is 4.17. The molecule has 0 unspecified atom stereocenters. The number of amides is 2. The summed E-state index contributed by atoms with van der Waals surface area (Å²) in [6.45, 7) is 5.42. The van der Waals surface area contributed by atoms with Gasteiger partial charge in [-0.1, -0.05) is 30.3 Å². The number of ether oxygens (including phenoxy) is 1. The highest BCUT2D eigenvalue weighted by atomic mass is 16.5. The maximum absolute atomic E-state index is 12.6. The summed E-state index contributed by atoms with van der Waals surface area (Å²) in [5.41, 5.74) is 0.963. The van der Waals surface area contributed by atoms with Crippen molar-refractivity contribution in [3.8, 4) is 0 Å². The van der Waals surface area contributed by atoms with Crippen LogP contribution in [0.3, 0.4) is 0 Å². The van der Waals surface area contributed by atoms with Gasteiger partial charge in [-0.05, 0) is 24.8 Å². The lowest BCUT2D eigenvalue weighted by molar-refractivity contribution is -0.145. The highest BCUT2D eigenvalue weighted by molar-refractivity contribution is 5.85. The summed E-state index contributed by atoms with van der Waals surface area (Å²) in [7, 11) is 1.33. The van der Waals surface area contributed by atoms with Gasteiger partial charge in [0.2, 0.25) is 11.8 Å². The number of benzene rings is 1. The number of nitrogens with zero attached hydrogens (tertiary/aromatic N) is 3. The largest absolute Gasteiger partial charge is 0.467 e. The summed E-state index contributed by atoms with van der Waals surface area (Å²) in [6, 6.07) is 8.86. The quantitative estimate of drug-likeness (QED) is 0.606. The van der Waals surface area contributed by atoms with E-state index in [-0.39, 0.29) is 18.4 Å². The molecule has 2 saturated heterocycles. The molecule has 2 heterocycles. The van der Waals surface area contributed by atoms with E-state index >= 15 is 0 Å². The minimum atomic E-state index is -0.705. The molecule has 0 aliphatic carbocycles. The number of likely N-dealkylation sites (tertiary alicyclic amines) is 1. The van der Waals surface area contributed by atoms with Gasteiger partial charge in [-0.3, -0.25) is 19.4 Å². The van der Waals surface area contributed by atoms with E-state index in [0.29, 0.717) is 13.0 Å². The van der Waals surface area contributed by atoms with E-state index < -0.39 is 12.0 Å². The van der Waals surface area contributed by atoms with Crippen LogP contribution >= 0.6 is 0 Å². The lowest BCUT2D eigenvalue weighted by Crippen LogP contribution is -2.53. The minimum Gasteiger partial charge on any atom is -0.467 e. The number of hydrogen-bond acceptors (Lipinski definition) is 6. The molecule has 0 bridgehead atoms. The maximum atomic E-state index is 12.6. The zero-order valence-electron chi connectivity index (χ0n) is 18.4. The van der Waals surface area contributed by atoms with Crippen molar-refractivity contribution in [3.63, 3.8) is 0 Å². The van der Waals surface area contributed by atoms with E-state index in [4.69, 9.17) is 4.74 Å². The van der Waals surface area contributed by atoms with Crippen molar-refractivity contribution in [3.05, 3.63) is 35.9 Å². The second kappa shape index (κ2) is 11.8. The molecule has 8 nitrogen and oxygen atoms in total. The Kier molecular flexibility index (Phi) is 8.85. The van der Waals surface area contributed by atoms with Crippen LogP contribution in [0.5, 0.6) is 0 Å². The normalized spacial score (nSPS) is 18.9. The van der Waals surface area contributed by atoms with Crippen LogP contribution in [0, 0.1) is 0 Å². The van der Waals surface area contributed by atoms with Gasteiger partial charge in [0, 0.05) is 45.7 Å². The van der Waals surface area contributed by atoms with Gasteiger partial charge in [0.15, 0.2) is 0 Å². The average molecular weight is 431 g/mol. The molecule has 2 fully saturated rings. The van der Waals surface area contributed by atoms with Crippen LogP contribution in [-0.4, -0.2) is 98.0 Å². The molecule has 1 aromatic rings. The van der Waals surface area contributed by atoms with Crippen LogP contribution in [-0.2, 0) is 25.5 Å². The fraction of sp³-hybridized carbons (Fsp3) is 0.609. The molecule has 3 rings (SSSR count). The molecule has 0 spiro atoms. The second-order valence-corrected chi connectivity index (χ2v) is 8.33. The smallest absolute Gasteiger partial charge is 0.328 e. The predicted molar refractivity (Wildman–Crippen MR) is 117 cm³/mol. The van der Waals surface area contributed by atoms with Crippen molar-refractivity contribution in [2.75, 3.05) is 59.5 Å². The monoisotopic (exact) mass is 430 g/mol. The first-order valence-electron chi connectivity index (χ1n) is 11.2. The molecule has 1 aromatic carbocycles. The molecule has 31 heavy (non-hydrogen) atoms. The summed E-state index contributed by atoms with van der Waals surface area (Å²) < 4.78 is 4.87. The zero-order valence-corrected chi connectivity index (χ0v) is 18.4. The van der Waals surface area contributed by atoms with Crippen LogP contribution in [0.1, 0.15) is 24.8 Å². The molecule has 1 atom stereocenters. The number of methoxy groups -OCH3 is 1. The van der Waals surface area contributed by atoms with Crippen LogP contribution in [0.25, 0.3) is 0 Å². The van der Waals surface area contributed by atoms with Crippen molar-refractivity contribution in [1.82, 2.24) is 20.0 Å². The summed E-state index contributed by atoms with van der Waals surface area (Å²) >= 11 is 0. The number of rotatable bonds is 8. The van der Waals surface area contributed by atoms with E-state index in [1.165, 1.54) is 13.5 Å². The van der Waals surface area contributed by atoms with Gasteiger partial charge in [-0.25, -0.2) is 4.79 Å². The number of piperidine rings is 1. The first kappa shape index (κ1) is 23.2. The number of nitrogens with one attached hydrogen (secondary N) is 1. The van der Waals surface area contributed by atoms with Gasteiger partial charge in [0.05, 0.1) is 20.2 Å². The molecule has 2 amide bonds. The molecule has 1 N–H and O–H groups in total. The van der Waals surface area contributed by atoms with E-state index in [2.05, 4.69) is 15.1 Å². The Bertz CT molecular complexity index is 728. The summed E-state index contributed by atoms with van der Waals surface area (Å²) in [4.78, 5) is 43.3. The fourth-order valence-electron chi connectivity index (χ4n) is 4.17. The maximum Gasteiger partial charge on any atom is 0.328 e. The summed E-state index contributed by atoms with van der Waals surface area (Å²) in [5, 5.41) is 2.82. The highest BCUT2D eigenvalue weighted by Crippen LogP contribution is 2.10. The van der Waals surface area contributed by atoms with E-state index in [1.54, 1.807) is 0 Å². The third-order valence-corrected chi connectivity index (χ3v) is 6.00. The standard InChI is InChI=1S/C23H34N4O4/c1-31-23(30)20(16-19-8-4-2-5-9-19)24-21(28)17-25-12-14-26(15-13-25)18-22(29)27-10-6-3-7-11-27/h2,4-5,8-9,20H,3,6-7,10-18H2,1H3,(H,24,28)/t20-/m0/s1. The van der Waals surface area contributed by atoms with Crippen LogP contribution in [0.2, 0.25) is 0 Å². The van der Waals surface area contributed by atoms with Crippen molar-refractivity contribution in [2.24, 2.45) is 0 Å². The Balaban J connectivity index is 1.41. The molecule has 0 aromatic heterocycles. The van der Waals surface area contributed by atoms with Crippen LogP contribution < -0.4 is 5.32 Å². The van der Waals surface area contributed by atoms with Gasteiger partial charge in [0.25, 0.3) is 0 Å². The van der Waals surface area contributed by atoms with Crippen LogP contribution in [0.4, 0.5) is 0 Å². The third kappa shape index (κ3) is 7.33. The SMILES string of the molecule is COC(=O)[C@H](Cc1ccccc1)NC(=O)CN1CCN(CC(=O)N2CCCCC2)CC1. The van der Waals surface area contributed by atoms with Gasteiger partial charge in [0.1, 0.15) is 6.04 Å². The van der Waals surface area contributed by atoms with Gasteiger partial charge < -0.3 is 15.0 Å². The van der Waals surface area contributed by atoms with E-state index in [1.807, 2.05) is 35.2 Å². The Labute approximate surface area is 184 Å². The predicted octanol–water partition coefficient (Wildman–Crippen LogP) is 0.517. The molecule has 170 valence electrons. The molecule has 2 aliphatic rings. The lowest BCUT2D eigenvalue weighted by atomic mass is 10.1. The van der Waals surface area contributed by atoms with E-state index in [9.17, 15) is 14.4 Å². The second-order valence-electron chi connectivity index (χ2n) is 8.33. The third-order valence-electron chi connectivity index (χ3n) is 6.00. The van der Waals surface area contributed by atoms with Gasteiger partial charge >= 0.3 is 5.97 Å². The first-order valence-corrected chi connectivity index (χ1v) is 11.2. The molecular formula is C23H34N4O4. The molecule has 8 heteroatoms. The van der Waals surface area contributed by atoms with Crippen molar-refractivity contribution >= 4 is 17.8 Å². The van der Waals surface area contributed by atoms with Gasteiger partial charge in [-0.15, -0.1) is 0 Å². The number of hydrogen-bond donors (Lipinski definition) is 1. The Morgan fingerprint density at radius 2 is 1.52 bits per heavy atom. The van der Waals surface area contributed by atoms with E-state index in [0.717, 1.165) is 57.7 Å². The highest BCUT2D eigenvalue weighted by Gasteiger charge is 2.26. The number of esters is 1.